The van der Waals surface area contributed by atoms with E-state index in [2.05, 4.69) is 5.32 Å². The van der Waals surface area contributed by atoms with Crippen molar-refractivity contribution in [2.24, 2.45) is 0 Å². The Morgan fingerprint density at radius 1 is 1.35 bits per heavy atom. The lowest BCUT2D eigenvalue weighted by molar-refractivity contribution is -0.120. The first-order chi connectivity index (χ1) is 8.29. The summed E-state index contributed by atoms with van der Waals surface area (Å²) in [5, 5.41) is 11.3. The largest absolute Gasteiger partial charge is 0.454 e. The van der Waals surface area contributed by atoms with E-state index in [4.69, 9.17) is 14.6 Å². The molecular weight excluding hydrogens is 222 g/mol. The van der Waals surface area contributed by atoms with Gasteiger partial charge >= 0.3 is 0 Å². The number of ether oxygens (including phenoxy) is 2. The lowest BCUT2D eigenvalue weighted by atomic mass is 10.1. The van der Waals surface area contributed by atoms with Gasteiger partial charge < -0.3 is 19.9 Å². The minimum absolute atomic E-state index is 0.0580. The van der Waals surface area contributed by atoms with Crippen LogP contribution in [0.3, 0.4) is 0 Å². The van der Waals surface area contributed by atoms with E-state index >= 15 is 0 Å². The number of nitrogens with one attached hydrogen (secondary N) is 1. The highest BCUT2D eigenvalue weighted by Crippen LogP contribution is 2.32. The minimum Gasteiger partial charge on any atom is -0.454 e. The first-order valence-electron chi connectivity index (χ1n) is 5.55. The van der Waals surface area contributed by atoms with E-state index in [-0.39, 0.29) is 19.3 Å². The average molecular weight is 237 g/mol. The number of carbonyl (C=O) groups is 1. The molecule has 0 spiro atoms. The van der Waals surface area contributed by atoms with Gasteiger partial charge in [0.15, 0.2) is 11.5 Å². The Labute approximate surface area is 99.3 Å². The van der Waals surface area contributed by atoms with Crippen molar-refractivity contribution in [2.45, 2.75) is 12.8 Å². The van der Waals surface area contributed by atoms with Crippen LogP contribution in [-0.4, -0.2) is 31.0 Å². The molecule has 17 heavy (non-hydrogen) atoms. The van der Waals surface area contributed by atoms with Gasteiger partial charge in [0.1, 0.15) is 0 Å². The Balaban J connectivity index is 1.88. The fraction of sp³-hybridized carbons (Fsp3) is 0.417. The van der Waals surface area contributed by atoms with E-state index in [0.29, 0.717) is 25.1 Å². The summed E-state index contributed by atoms with van der Waals surface area (Å²) in [4.78, 5) is 11.5. The van der Waals surface area contributed by atoms with Gasteiger partial charge in [-0.2, -0.15) is 0 Å². The number of aliphatic hydroxyl groups is 1. The number of benzene rings is 1. The number of carbonyl (C=O) groups excluding carboxylic acids is 1. The van der Waals surface area contributed by atoms with Crippen LogP contribution in [0.5, 0.6) is 11.5 Å². The molecule has 0 unspecified atom stereocenters. The van der Waals surface area contributed by atoms with E-state index in [9.17, 15) is 4.79 Å². The van der Waals surface area contributed by atoms with E-state index < -0.39 is 0 Å². The predicted molar refractivity (Wildman–Crippen MR) is 61.0 cm³/mol. The summed E-state index contributed by atoms with van der Waals surface area (Å²) < 4.78 is 10.4. The lowest BCUT2D eigenvalue weighted by Crippen LogP contribution is -2.26. The molecule has 0 fully saturated rings. The number of aliphatic hydroxyl groups excluding tert-OH is 1. The van der Waals surface area contributed by atoms with Gasteiger partial charge in [-0.1, -0.05) is 6.07 Å². The maximum atomic E-state index is 11.5. The molecule has 1 amide bonds. The maximum absolute atomic E-state index is 11.5. The van der Waals surface area contributed by atoms with E-state index in [1.807, 2.05) is 12.1 Å². The minimum atomic E-state index is -0.0580. The number of rotatable bonds is 5. The lowest BCUT2D eigenvalue weighted by Gasteiger charge is -2.05. The van der Waals surface area contributed by atoms with Gasteiger partial charge in [-0.3, -0.25) is 4.79 Å². The zero-order chi connectivity index (χ0) is 12.1. The second kappa shape index (κ2) is 5.54. The Hall–Kier alpha value is -1.75. The molecule has 0 aliphatic carbocycles. The van der Waals surface area contributed by atoms with Crippen LogP contribution in [0.2, 0.25) is 0 Å². The van der Waals surface area contributed by atoms with Gasteiger partial charge in [-0.25, -0.2) is 0 Å². The molecular formula is C12H15NO4. The standard InChI is InChI=1S/C12H15NO4/c14-5-1-4-13-12(15)7-9-2-3-10-11(6-9)17-8-16-10/h2-3,6,14H,1,4-5,7-8H2,(H,13,15). The van der Waals surface area contributed by atoms with Gasteiger partial charge in [0.25, 0.3) is 0 Å². The van der Waals surface area contributed by atoms with Crippen molar-refractivity contribution in [3.8, 4) is 11.5 Å². The van der Waals surface area contributed by atoms with Crippen molar-refractivity contribution in [3.05, 3.63) is 23.8 Å². The van der Waals surface area contributed by atoms with Gasteiger partial charge in [-0.05, 0) is 24.1 Å². The summed E-state index contributed by atoms with van der Waals surface area (Å²) >= 11 is 0. The SMILES string of the molecule is O=C(Cc1ccc2c(c1)OCO2)NCCCO. The molecule has 1 aromatic carbocycles. The summed E-state index contributed by atoms with van der Waals surface area (Å²) in [5.41, 5.74) is 0.885. The molecule has 1 aliphatic heterocycles. The molecule has 92 valence electrons. The molecule has 1 heterocycles. The second-order valence-corrected chi connectivity index (χ2v) is 3.79. The predicted octanol–water partition coefficient (Wildman–Crippen LogP) is 0.456. The fourth-order valence-electron chi connectivity index (χ4n) is 1.61. The third-order valence-electron chi connectivity index (χ3n) is 2.46. The first kappa shape index (κ1) is 11.7. The van der Waals surface area contributed by atoms with Crippen LogP contribution in [-0.2, 0) is 11.2 Å². The normalized spacial score (nSPS) is 12.5. The zero-order valence-corrected chi connectivity index (χ0v) is 9.44. The Morgan fingerprint density at radius 3 is 3.00 bits per heavy atom. The zero-order valence-electron chi connectivity index (χ0n) is 9.44. The second-order valence-electron chi connectivity index (χ2n) is 3.79. The molecule has 0 atom stereocenters. The van der Waals surface area contributed by atoms with Crippen LogP contribution in [0, 0.1) is 0 Å². The number of hydrogen-bond acceptors (Lipinski definition) is 4. The Kier molecular flexibility index (Phi) is 3.82. The van der Waals surface area contributed by atoms with Crippen LogP contribution in [0.25, 0.3) is 0 Å². The highest BCUT2D eigenvalue weighted by molar-refractivity contribution is 5.78. The number of fused-ring (bicyclic) bond motifs is 1. The van der Waals surface area contributed by atoms with Crippen molar-refractivity contribution in [2.75, 3.05) is 19.9 Å². The van der Waals surface area contributed by atoms with Crippen LogP contribution in [0.1, 0.15) is 12.0 Å². The first-order valence-corrected chi connectivity index (χ1v) is 5.55. The summed E-state index contributed by atoms with van der Waals surface area (Å²) in [6, 6.07) is 5.46. The Bertz CT molecular complexity index is 405. The van der Waals surface area contributed by atoms with Crippen molar-refractivity contribution in [3.63, 3.8) is 0 Å². The highest BCUT2D eigenvalue weighted by Gasteiger charge is 2.14. The molecule has 0 radical (unpaired) electrons. The van der Waals surface area contributed by atoms with Gasteiger partial charge in [0, 0.05) is 13.2 Å². The third-order valence-corrected chi connectivity index (χ3v) is 2.46. The van der Waals surface area contributed by atoms with Crippen LogP contribution < -0.4 is 14.8 Å². The van der Waals surface area contributed by atoms with Crippen molar-refractivity contribution in [1.29, 1.82) is 0 Å². The quantitative estimate of drug-likeness (QED) is 0.730. The molecule has 0 aromatic heterocycles. The maximum Gasteiger partial charge on any atom is 0.231 e. The molecule has 5 heteroatoms. The molecule has 5 nitrogen and oxygen atoms in total. The monoisotopic (exact) mass is 237 g/mol. The van der Waals surface area contributed by atoms with Gasteiger partial charge in [-0.15, -0.1) is 0 Å². The van der Waals surface area contributed by atoms with Crippen LogP contribution in [0.4, 0.5) is 0 Å². The van der Waals surface area contributed by atoms with E-state index in [1.165, 1.54) is 0 Å². The fourth-order valence-corrected chi connectivity index (χ4v) is 1.61. The molecule has 0 saturated carbocycles. The van der Waals surface area contributed by atoms with Crippen molar-refractivity contribution >= 4 is 5.91 Å². The highest BCUT2D eigenvalue weighted by atomic mass is 16.7. The van der Waals surface area contributed by atoms with Crippen molar-refractivity contribution in [1.82, 2.24) is 5.32 Å². The number of amides is 1. The topological polar surface area (TPSA) is 67.8 Å². The molecule has 0 saturated heterocycles. The van der Waals surface area contributed by atoms with E-state index in [0.717, 1.165) is 11.3 Å². The summed E-state index contributed by atoms with van der Waals surface area (Å²) in [5.74, 6) is 1.34. The van der Waals surface area contributed by atoms with Crippen molar-refractivity contribution < 1.29 is 19.4 Å². The number of hydrogen-bond donors (Lipinski definition) is 2. The molecule has 2 rings (SSSR count). The molecule has 2 N–H and O–H groups in total. The summed E-state index contributed by atoms with van der Waals surface area (Å²) in [6.45, 7) is 0.825. The van der Waals surface area contributed by atoms with Crippen LogP contribution in [0.15, 0.2) is 18.2 Å². The summed E-state index contributed by atoms with van der Waals surface area (Å²) in [7, 11) is 0. The van der Waals surface area contributed by atoms with Crippen LogP contribution >= 0.6 is 0 Å². The molecule has 1 aromatic rings. The smallest absolute Gasteiger partial charge is 0.231 e. The van der Waals surface area contributed by atoms with Gasteiger partial charge in [0.2, 0.25) is 12.7 Å². The summed E-state index contributed by atoms with van der Waals surface area (Å²) in [6.07, 6.45) is 0.884. The Morgan fingerprint density at radius 2 is 2.18 bits per heavy atom. The van der Waals surface area contributed by atoms with E-state index in [1.54, 1.807) is 6.07 Å². The van der Waals surface area contributed by atoms with Gasteiger partial charge in [0.05, 0.1) is 6.42 Å². The molecule has 1 aliphatic rings. The molecule has 0 bridgehead atoms. The average Bonchev–Trinajstić information content (AvgIpc) is 2.76. The third kappa shape index (κ3) is 3.10.